The fourth-order valence-electron chi connectivity index (χ4n) is 8.57. The number of hydrogen-bond donors (Lipinski definition) is 3. The number of methoxy groups -OCH3 is 1. The number of amides is 4. The summed E-state index contributed by atoms with van der Waals surface area (Å²) in [4.78, 5) is 62.4. The molecule has 0 bridgehead atoms. The zero-order valence-corrected chi connectivity index (χ0v) is 34.9. The molecule has 2 aliphatic carbocycles. The molecule has 2 aromatic rings. The average Bonchev–Trinajstić information content (AvgIpc) is 4.08. The highest BCUT2D eigenvalue weighted by Crippen LogP contribution is 2.52. The molecule has 14 nitrogen and oxygen atoms in total. The van der Waals surface area contributed by atoms with Crippen LogP contribution in [0.2, 0.25) is 0 Å². The highest BCUT2D eigenvalue weighted by atomic mass is 32.2. The van der Waals surface area contributed by atoms with Gasteiger partial charge in [-0.05, 0) is 83.6 Å². The number of carbonyl (C=O) groups is 4. The lowest BCUT2D eigenvalue weighted by Crippen LogP contribution is -2.65. The summed E-state index contributed by atoms with van der Waals surface area (Å²) in [7, 11) is -2.73. The molecule has 0 spiro atoms. The van der Waals surface area contributed by atoms with Gasteiger partial charge in [0.05, 0.1) is 18.1 Å². The van der Waals surface area contributed by atoms with E-state index >= 15 is 13.6 Å². The predicted molar refractivity (Wildman–Crippen MR) is 211 cm³/mol. The lowest BCUT2D eigenvalue weighted by molar-refractivity contribution is -0.219. The number of rotatable bonds is 10. The number of sulfonamides is 1. The number of hydrogen-bond acceptors (Lipinski definition) is 9. The monoisotopic (exact) mass is 831 g/mol. The first-order valence-corrected chi connectivity index (χ1v) is 21.6. The number of ether oxygens (including phenoxy) is 2. The van der Waals surface area contributed by atoms with Gasteiger partial charge in [0.2, 0.25) is 21.8 Å². The molecule has 3 N–H and O–H groups in total. The molecule has 2 saturated carbocycles. The van der Waals surface area contributed by atoms with Crippen molar-refractivity contribution in [3.05, 3.63) is 42.6 Å². The number of nitrogens with zero attached hydrogens (tertiary/aromatic N) is 3. The lowest BCUT2D eigenvalue weighted by atomic mass is 9.83. The Balaban J connectivity index is 1.49. The normalized spacial score (nSPS) is 31.7. The Kier molecular flexibility index (Phi) is 11.6. The van der Waals surface area contributed by atoms with Crippen LogP contribution in [0.5, 0.6) is 11.6 Å². The van der Waals surface area contributed by atoms with Gasteiger partial charge < -0.3 is 19.9 Å². The molecule has 4 aliphatic rings. The van der Waals surface area contributed by atoms with Gasteiger partial charge in [-0.15, -0.1) is 0 Å². The van der Waals surface area contributed by atoms with Crippen LogP contribution in [0, 0.1) is 17.8 Å². The van der Waals surface area contributed by atoms with E-state index in [4.69, 9.17) is 9.47 Å². The summed E-state index contributed by atoms with van der Waals surface area (Å²) in [5.41, 5.74) is -4.46. The molecule has 4 amide bonds. The molecule has 1 saturated heterocycles. The van der Waals surface area contributed by atoms with Crippen LogP contribution < -0.4 is 19.5 Å². The zero-order chi connectivity index (χ0) is 42.6. The van der Waals surface area contributed by atoms with E-state index < -0.39 is 92.2 Å². The predicted octanol–water partition coefficient (Wildman–Crippen LogP) is 6.00. The number of alkyl halides is 2. The number of carbonyl (C=O) groups excluding carboxylic acids is 3. The minimum absolute atomic E-state index is 0.0171. The van der Waals surface area contributed by atoms with Gasteiger partial charge in [0.1, 0.15) is 23.4 Å². The molecule has 58 heavy (non-hydrogen) atoms. The fourth-order valence-corrected chi connectivity index (χ4v) is 9.88. The Labute approximate surface area is 338 Å². The smallest absolute Gasteiger partial charge is 0.408 e. The molecular formula is C41H55F2N5O9S. The topological polar surface area (TPSA) is 185 Å². The van der Waals surface area contributed by atoms with E-state index in [-0.39, 0.29) is 36.0 Å². The third kappa shape index (κ3) is 7.47. The van der Waals surface area contributed by atoms with Gasteiger partial charge in [-0.2, -0.15) is 8.78 Å². The Morgan fingerprint density at radius 2 is 1.81 bits per heavy atom. The zero-order valence-electron chi connectivity index (χ0n) is 34.1. The minimum Gasteiger partial charge on any atom is -0.494 e. The van der Waals surface area contributed by atoms with Crippen LogP contribution in [0.1, 0.15) is 99.3 Å². The quantitative estimate of drug-likeness (QED) is 0.190. The molecule has 3 fully saturated rings. The van der Waals surface area contributed by atoms with Crippen molar-refractivity contribution in [1.29, 1.82) is 0 Å². The van der Waals surface area contributed by atoms with Crippen molar-refractivity contribution in [2.75, 3.05) is 7.11 Å². The van der Waals surface area contributed by atoms with E-state index in [9.17, 15) is 27.9 Å². The van der Waals surface area contributed by atoms with Crippen LogP contribution in [0.15, 0.2) is 42.6 Å². The number of pyridine rings is 1. The van der Waals surface area contributed by atoms with Crippen LogP contribution in [0.3, 0.4) is 0 Å². The second-order valence-corrected chi connectivity index (χ2v) is 19.2. The Morgan fingerprint density at radius 1 is 1.14 bits per heavy atom. The van der Waals surface area contributed by atoms with E-state index in [1.165, 1.54) is 20.2 Å². The first kappa shape index (κ1) is 43.0. The number of carboxylic acid groups (broad SMARTS) is 1. The van der Waals surface area contributed by atoms with Crippen LogP contribution in [0.4, 0.5) is 13.6 Å². The van der Waals surface area contributed by atoms with Gasteiger partial charge >= 0.3 is 12.1 Å². The van der Waals surface area contributed by atoms with Gasteiger partial charge in [-0.25, -0.2) is 18.2 Å². The Bertz CT molecular complexity index is 2100. The minimum atomic E-state index is -4.27. The SMILES string of the molecule is CCC(C)N(C(=O)O)[C@@H]1C(=O)N2[C@@H](C[C@@](C)(Oc3ncc(OC)c4ccccc34)C2(F)F)C(=O)N[C@]2(C(=O)NS(=O)(=O)C3(C)CC3)C[C@H]2/C=C\CC[C@@H](C)C[C@H]1CC. The molecule has 0 radical (unpaired) electrons. The lowest BCUT2D eigenvalue weighted by Gasteiger charge is -2.43. The van der Waals surface area contributed by atoms with E-state index in [0.717, 1.165) is 11.8 Å². The van der Waals surface area contributed by atoms with Crippen molar-refractivity contribution in [3.8, 4) is 11.6 Å². The van der Waals surface area contributed by atoms with Gasteiger partial charge in [0.25, 0.3) is 11.8 Å². The molecule has 8 atom stereocenters. The summed E-state index contributed by atoms with van der Waals surface area (Å²) in [6, 6.07) is -1.98. The van der Waals surface area contributed by atoms with Gasteiger partial charge in [-0.3, -0.25) is 28.9 Å². The van der Waals surface area contributed by atoms with Crippen molar-refractivity contribution in [2.45, 2.75) is 139 Å². The third-order valence-electron chi connectivity index (χ3n) is 12.9. The number of halogens is 2. The number of nitrogens with one attached hydrogen (secondary N) is 2. The summed E-state index contributed by atoms with van der Waals surface area (Å²) in [6.07, 6.45) is 5.24. The van der Waals surface area contributed by atoms with Crippen molar-refractivity contribution in [2.24, 2.45) is 17.8 Å². The number of benzene rings is 1. The van der Waals surface area contributed by atoms with Gasteiger partial charge in [0, 0.05) is 29.2 Å². The fraction of sp³-hybridized carbons (Fsp3) is 0.634. The van der Waals surface area contributed by atoms with Crippen molar-refractivity contribution < 1.29 is 51.0 Å². The molecule has 2 aliphatic heterocycles. The molecule has 1 aromatic carbocycles. The maximum atomic E-state index is 17.7. The summed E-state index contributed by atoms with van der Waals surface area (Å²) in [5.74, 6) is -4.78. The average molecular weight is 832 g/mol. The molecule has 3 heterocycles. The Morgan fingerprint density at radius 3 is 2.41 bits per heavy atom. The summed E-state index contributed by atoms with van der Waals surface area (Å²) in [5, 5.41) is 14.1. The maximum Gasteiger partial charge on any atom is 0.408 e. The maximum absolute atomic E-state index is 17.7. The standard InChI is InChI=1S/C41H55F2N5O9S/c1-8-25(4)47(37(52)53)32-26(9-2)20-24(3)14-10-11-15-27-21-40(27,36(51)46-58(54,55)38(5)18-19-38)45-33(49)30-22-39(6,41(42,43)48(30)35(32)50)57-34-29-17-13-12-16-28(29)31(56-7)23-44-34/h11-13,15-17,23-27,30,32H,8-10,14,18-22H2,1-7H3,(H,45,49)(H,46,51)(H,52,53)/b15-11-/t24-,25?,26-,27-,30+,32+,39-,40-/m1/s1. The van der Waals surface area contributed by atoms with Gasteiger partial charge in [-0.1, -0.05) is 57.5 Å². The summed E-state index contributed by atoms with van der Waals surface area (Å²) >= 11 is 0. The Hall–Kier alpha value is -4.54. The van der Waals surface area contributed by atoms with E-state index in [1.807, 2.05) is 13.0 Å². The number of allylic oxidation sites excluding steroid dienone is 1. The van der Waals surface area contributed by atoms with Gasteiger partial charge in [0.15, 0.2) is 5.60 Å². The van der Waals surface area contributed by atoms with E-state index in [1.54, 1.807) is 51.1 Å². The molecule has 6 rings (SSSR count). The molecular weight excluding hydrogens is 777 g/mol. The van der Waals surface area contributed by atoms with E-state index in [2.05, 4.69) is 15.0 Å². The van der Waals surface area contributed by atoms with Crippen LogP contribution in [0.25, 0.3) is 10.8 Å². The van der Waals surface area contributed by atoms with E-state index in [0.29, 0.717) is 48.6 Å². The molecule has 318 valence electrons. The van der Waals surface area contributed by atoms with Crippen LogP contribution in [-0.4, -0.2) is 99.3 Å². The van der Waals surface area contributed by atoms with Crippen LogP contribution in [-0.2, 0) is 24.4 Å². The first-order chi connectivity index (χ1) is 27.2. The molecule has 17 heteroatoms. The first-order valence-electron chi connectivity index (χ1n) is 20.1. The highest BCUT2D eigenvalue weighted by Gasteiger charge is 2.71. The molecule has 1 aromatic heterocycles. The van der Waals surface area contributed by atoms with Crippen molar-refractivity contribution in [3.63, 3.8) is 0 Å². The number of fused-ring (bicyclic) bond motifs is 3. The second-order valence-electron chi connectivity index (χ2n) is 17.0. The highest BCUT2D eigenvalue weighted by molar-refractivity contribution is 7.91. The van der Waals surface area contributed by atoms with Crippen molar-refractivity contribution >= 4 is 44.6 Å². The van der Waals surface area contributed by atoms with Crippen LogP contribution >= 0.6 is 0 Å². The number of aromatic nitrogens is 1. The summed E-state index contributed by atoms with van der Waals surface area (Å²) < 4.78 is 74.4. The largest absolute Gasteiger partial charge is 0.494 e. The second kappa shape index (κ2) is 15.6. The third-order valence-corrected chi connectivity index (χ3v) is 15.1. The molecule has 1 unspecified atom stereocenters. The van der Waals surface area contributed by atoms with Crippen molar-refractivity contribution in [1.82, 2.24) is 24.8 Å². The summed E-state index contributed by atoms with van der Waals surface area (Å²) in [6.45, 7) is 9.61.